The average molecular weight is 306 g/mol. The molecule has 0 aliphatic rings. The first kappa shape index (κ1) is 20.7. The third-order valence-electron chi connectivity index (χ3n) is 0.888. The second kappa shape index (κ2) is 7.88. The Bertz CT molecular complexity index is 247. The van der Waals surface area contributed by atoms with Crippen molar-refractivity contribution >= 4 is 16.2 Å². The largest absolute Gasteiger partial charge is 0.384 e. The van der Waals surface area contributed by atoms with E-state index < -0.39 is 22.5 Å². The zero-order chi connectivity index (χ0) is 15.2. The van der Waals surface area contributed by atoms with Crippen LogP contribution in [0, 0.1) is 0 Å². The third-order valence-corrected chi connectivity index (χ3v) is 2.66. The van der Waals surface area contributed by atoms with E-state index in [2.05, 4.69) is 0 Å². The van der Waals surface area contributed by atoms with E-state index >= 15 is 0 Å². The van der Waals surface area contributed by atoms with Crippen LogP contribution in [0.1, 0.15) is 41.5 Å². The molecule has 0 rings (SSSR count). The van der Waals surface area contributed by atoms with Crippen molar-refractivity contribution in [1.82, 2.24) is 0 Å². The van der Waals surface area contributed by atoms with E-state index in [-0.39, 0.29) is 11.2 Å². The Morgan fingerprint density at radius 2 is 1.22 bits per heavy atom. The van der Waals surface area contributed by atoms with E-state index in [1.165, 1.54) is 0 Å². The summed E-state index contributed by atoms with van der Waals surface area (Å²) < 4.78 is 19.9. The lowest BCUT2D eigenvalue weighted by atomic mass is 10.2. The normalized spacial score (nSPS) is 13.3. The van der Waals surface area contributed by atoms with E-state index in [1.54, 1.807) is 0 Å². The molecule has 0 saturated carbocycles. The van der Waals surface area contributed by atoms with Crippen molar-refractivity contribution in [2.45, 2.75) is 52.7 Å². The molecule has 0 aromatic carbocycles. The molecule has 0 saturated heterocycles. The highest BCUT2D eigenvalue weighted by Gasteiger charge is 2.23. The lowest BCUT2D eigenvalue weighted by Gasteiger charge is -2.27. The molecule has 0 radical (unpaired) electrons. The van der Waals surface area contributed by atoms with Gasteiger partial charge in [-0.3, -0.25) is 4.57 Å². The summed E-state index contributed by atoms with van der Waals surface area (Å²) in [6.07, 6.45) is -1.06. The molecule has 9 heteroatoms. The van der Waals surface area contributed by atoms with Gasteiger partial charge < -0.3 is 28.8 Å². The Labute approximate surface area is 109 Å². The van der Waals surface area contributed by atoms with Crippen LogP contribution in [0.25, 0.3) is 0 Å². The smallest absolute Gasteiger partial charge is 0.350 e. The Balaban J connectivity index is 0. The third kappa shape index (κ3) is 21.7. The van der Waals surface area contributed by atoms with Crippen LogP contribution < -0.4 is 0 Å². The molecule has 0 heterocycles. The molecule has 0 bridgehead atoms. The van der Waals surface area contributed by atoms with Crippen LogP contribution in [0.2, 0.25) is 0 Å². The second-order valence-electron chi connectivity index (χ2n) is 5.45. The predicted molar refractivity (Wildman–Crippen MR) is 69.9 cm³/mol. The minimum atomic E-state index is -4.09. The van der Waals surface area contributed by atoms with Crippen molar-refractivity contribution in [3.63, 3.8) is 0 Å². The summed E-state index contributed by atoms with van der Waals surface area (Å²) in [6.45, 7) is 11.3. The molecule has 0 atom stereocenters. The molecule has 0 aromatic rings. The lowest BCUT2D eigenvalue weighted by Crippen LogP contribution is -2.21. The van der Waals surface area contributed by atoms with Gasteiger partial charge in [0.1, 0.15) is 6.35 Å². The zero-order valence-corrected chi connectivity index (χ0v) is 13.4. The van der Waals surface area contributed by atoms with Gasteiger partial charge in [0.2, 0.25) is 0 Å². The molecule has 4 N–H and O–H groups in total. The summed E-state index contributed by atoms with van der Waals surface area (Å²) >= 11 is 0. The molecular weight excluding hydrogens is 282 g/mol. The minimum Gasteiger partial charge on any atom is -0.384 e. The lowest BCUT2D eigenvalue weighted by molar-refractivity contribution is 0.0473. The first-order valence-electron chi connectivity index (χ1n) is 5.19. The summed E-state index contributed by atoms with van der Waals surface area (Å²) in [5, 5.41) is 7.64. The predicted octanol–water partition coefficient (Wildman–Crippen LogP) is 1.95. The molecule has 0 aliphatic heterocycles. The van der Waals surface area contributed by atoms with E-state index in [1.807, 2.05) is 41.5 Å². The highest BCUT2D eigenvalue weighted by Crippen LogP contribution is 2.41. The summed E-state index contributed by atoms with van der Waals surface area (Å²) in [7, 11) is -5.85. The number of aliphatic hydroxyl groups is 1. The van der Waals surface area contributed by atoms with Gasteiger partial charge in [-0.1, -0.05) is 0 Å². The fourth-order valence-electron chi connectivity index (χ4n) is 0.487. The van der Waals surface area contributed by atoms with Gasteiger partial charge in [0.25, 0.3) is 0 Å². The molecule has 18 heavy (non-hydrogen) atoms. The van der Waals surface area contributed by atoms with Crippen molar-refractivity contribution in [3.8, 4) is 0 Å². The molecule has 0 spiro atoms. The molecular formula is C9H24O7P2. The number of rotatable bonds is 3. The maximum absolute atomic E-state index is 9.44. The quantitative estimate of drug-likeness (QED) is 0.589. The van der Waals surface area contributed by atoms with Gasteiger partial charge in [-0.25, -0.2) is 0 Å². The molecule has 0 aliphatic carbocycles. The van der Waals surface area contributed by atoms with Crippen LogP contribution in [0.4, 0.5) is 0 Å². The van der Waals surface area contributed by atoms with Crippen LogP contribution in [0.15, 0.2) is 0 Å². The summed E-state index contributed by atoms with van der Waals surface area (Å²) in [5.41, 5.74) is -0.711. The Hall–Kier alpha value is 0.420. The summed E-state index contributed by atoms with van der Waals surface area (Å²) in [6, 6.07) is 0. The molecule has 112 valence electrons. The van der Waals surface area contributed by atoms with Crippen LogP contribution in [0.5, 0.6) is 0 Å². The molecule has 0 fully saturated rings. The van der Waals surface area contributed by atoms with Crippen LogP contribution in [-0.4, -0.2) is 37.3 Å². The first-order chi connectivity index (χ1) is 7.66. The maximum atomic E-state index is 9.44. The number of hydrogen-bond donors (Lipinski definition) is 4. The van der Waals surface area contributed by atoms with E-state index in [0.717, 1.165) is 0 Å². The van der Waals surface area contributed by atoms with Crippen molar-refractivity contribution in [2.24, 2.45) is 0 Å². The second-order valence-corrected chi connectivity index (χ2v) is 7.90. The van der Waals surface area contributed by atoms with Gasteiger partial charge in [0, 0.05) is 0 Å². The summed E-state index contributed by atoms with van der Waals surface area (Å²) in [4.78, 5) is 24.7. The van der Waals surface area contributed by atoms with Crippen molar-refractivity contribution < 1.29 is 33.4 Å². The maximum Gasteiger partial charge on any atom is 0.350 e. The van der Waals surface area contributed by atoms with E-state index in [4.69, 9.17) is 23.9 Å². The van der Waals surface area contributed by atoms with Crippen molar-refractivity contribution in [3.05, 3.63) is 0 Å². The molecule has 0 aromatic heterocycles. The van der Waals surface area contributed by atoms with Crippen molar-refractivity contribution in [1.29, 1.82) is 0 Å². The van der Waals surface area contributed by atoms with Gasteiger partial charge in [-0.15, -0.1) is 0 Å². The minimum absolute atomic E-state index is 0.355. The van der Waals surface area contributed by atoms with Gasteiger partial charge in [0.05, 0.1) is 11.2 Å². The fourth-order valence-corrected chi connectivity index (χ4v) is 1.46. The van der Waals surface area contributed by atoms with Gasteiger partial charge in [-0.05, 0) is 41.5 Å². The zero-order valence-electron chi connectivity index (χ0n) is 11.6. The van der Waals surface area contributed by atoms with Crippen LogP contribution in [-0.2, 0) is 13.6 Å². The SMILES string of the molecule is CC(C)(C)OP(O)OC(C)(C)C.O=P(O)(O)CO. The van der Waals surface area contributed by atoms with E-state index in [0.29, 0.717) is 0 Å². The standard InChI is InChI=1S/C8H19O3P.CH5O4P/c1-7(2,3)10-12(9)11-8(4,5)6;2-1-6(3,4)5/h9H,1-6H3;2H,1H2,(H2,3,4,5). The summed E-state index contributed by atoms with van der Waals surface area (Å²) in [5.74, 6) is 0. The first-order valence-corrected chi connectivity index (χ1v) is 8.12. The van der Waals surface area contributed by atoms with Crippen LogP contribution >= 0.6 is 16.2 Å². The van der Waals surface area contributed by atoms with Gasteiger partial charge in [0.15, 0.2) is 0 Å². The number of hydrogen-bond acceptors (Lipinski definition) is 5. The Morgan fingerprint density at radius 1 is 1.00 bits per heavy atom. The van der Waals surface area contributed by atoms with Crippen LogP contribution in [0.3, 0.4) is 0 Å². The molecule has 0 unspecified atom stereocenters. The highest BCUT2D eigenvalue weighted by atomic mass is 31.2. The van der Waals surface area contributed by atoms with E-state index in [9.17, 15) is 9.46 Å². The van der Waals surface area contributed by atoms with Gasteiger partial charge >= 0.3 is 16.2 Å². The number of aliphatic hydroxyl groups excluding tert-OH is 1. The average Bonchev–Trinajstić information content (AvgIpc) is 1.95. The van der Waals surface area contributed by atoms with Crippen molar-refractivity contribution in [2.75, 3.05) is 6.35 Å². The van der Waals surface area contributed by atoms with Gasteiger partial charge in [-0.2, -0.15) is 0 Å². The molecule has 7 nitrogen and oxygen atoms in total. The monoisotopic (exact) mass is 306 g/mol. The highest BCUT2D eigenvalue weighted by molar-refractivity contribution is 7.51. The fraction of sp³-hybridized carbons (Fsp3) is 1.00. The molecule has 0 amide bonds. The Kier molecular flexibility index (Phi) is 9.07. The topological polar surface area (TPSA) is 116 Å². The Morgan fingerprint density at radius 3 is 1.33 bits per heavy atom.